The lowest BCUT2D eigenvalue weighted by Gasteiger charge is -2.10. The first-order chi connectivity index (χ1) is 7.61. The Morgan fingerprint density at radius 2 is 1.88 bits per heavy atom. The van der Waals surface area contributed by atoms with Gasteiger partial charge in [-0.25, -0.2) is 0 Å². The number of nitrogens with one attached hydrogen (secondary N) is 1. The largest absolute Gasteiger partial charge is 0.497 e. The Balaban J connectivity index is 2.61. The van der Waals surface area contributed by atoms with Gasteiger partial charge in [0.25, 0.3) is 0 Å². The van der Waals surface area contributed by atoms with Crippen molar-refractivity contribution in [3.05, 3.63) is 38.3 Å². The SMILES string of the molecule is COc1cc(C)c(-c2csc(=O)[nH]2)c(C)c1. The topological polar surface area (TPSA) is 42.1 Å². The second kappa shape index (κ2) is 4.14. The molecule has 0 saturated heterocycles. The summed E-state index contributed by atoms with van der Waals surface area (Å²) in [7, 11) is 1.65. The van der Waals surface area contributed by atoms with E-state index < -0.39 is 0 Å². The van der Waals surface area contributed by atoms with Crippen LogP contribution in [0.2, 0.25) is 0 Å². The average molecular weight is 235 g/mol. The molecule has 0 bridgehead atoms. The van der Waals surface area contributed by atoms with Gasteiger partial charge in [-0.15, -0.1) is 0 Å². The summed E-state index contributed by atoms with van der Waals surface area (Å²) in [6, 6.07) is 3.94. The van der Waals surface area contributed by atoms with Crippen molar-refractivity contribution in [3.63, 3.8) is 0 Å². The number of thiazole rings is 1. The second-order valence-corrected chi connectivity index (χ2v) is 4.54. The van der Waals surface area contributed by atoms with Gasteiger partial charge in [-0.05, 0) is 37.1 Å². The van der Waals surface area contributed by atoms with Crippen LogP contribution in [0.5, 0.6) is 5.75 Å². The molecule has 1 aromatic carbocycles. The maximum absolute atomic E-state index is 11.1. The molecule has 4 heteroatoms. The van der Waals surface area contributed by atoms with E-state index >= 15 is 0 Å². The van der Waals surface area contributed by atoms with E-state index in [9.17, 15) is 4.79 Å². The quantitative estimate of drug-likeness (QED) is 0.869. The summed E-state index contributed by atoms with van der Waals surface area (Å²) in [4.78, 5) is 14.0. The third-order valence-electron chi connectivity index (χ3n) is 2.53. The molecule has 0 saturated carbocycles. The number of methoxy groups -OCH3 is 1. The molecule has 0 fully saturated rings. The summed E-state index contributed by atoms with van der Waals surface area (Å²) >= 11 is 1.18. The van der Waals surface area contributed by atoms with Crippen LogP contribution in [0.25, 0.3) is 11.3 Å². The minimum atomic E-state index is -0.0235. The van der Waals surface area contributed by atoms with Gasteiger partial charge in [-0.1, -0.05) is 11.3 Å². The molecule has 1 aromatic heterocycles. The normalized spacial score (nSPS) is 10.4. The molecular weight excluding hydrogens is 222 g/mol. The van der Waals surface area contributed by atoms with Gasteiger partial charge in [0, 0.05) is 10.9 Å². The van der Waals surface area contributed by atoms with Crippen LogP contribution in [0.15, 0.2) is 22.3 Å². The fourth-order valence-electron chi connectivity index (χ4n) is 1.87. The van der Waals surface area contributed by atoms with E-state index in [-0.39, 0.29) is 4.87 Å². The number of benzene rings is 1. The number of aryl methyl sites for hydroxylation is 2. The predicted molar refractivity (Wildman–Crippen MR) is 66.4 cm³/mol. The minimum absolute atomic E-state index is 0.0235. The highest BCUT2D eigenvalue weighted by molar-refractivity contribution is 7.07. The summed E-state index contributed by atoms with van der Waals surface area (Å²) in [6.45, 7) is 4.03. The lowest BCUT2D eigenvalue weighted by Crippen LogP contribution is -1.96. The highest BCUT2D eigenvalue weighted by Crippen LogP contribution is 2.29. The molecule has 1 N–H and O–H groups in total. The Bertz CT molecular complexity index is 545. The highest BCUT2D eigenvalue weighted by Gasteiger charge is 2.09. The van der Waals surface area contributed by atoms with E-state index in [2.05, 4.69) is 4.98 Å². The van der Waals surface area contributed by atoms with Crippen molar-refractivity contribution < 1.29 is 4.74 Å². The highest BCUT2D eigenvalue weighted by atomic mass is 32.1. The van der Waals surface area contributed by atoms with E-state index in [0.29, 0.717) is 0 Å². The fraction of sp³-hybridized carbons (Fsp3) is 0.250. The van der Waals surface area contributed by atoms with Gasteiger partial charge >= 0.3 is 4.87 Å². The minimum Gasteiger partial charge on any atom is -0.497 e. The summed E-state index contributed by atoms with van der Waals surface area (Å²) in [6.07, 6.45) is 0. The van der Waals surface area contributed by atoms with E-state index in [1.54, 1.807) is 7.11 Å². The van der Waals surface area contributed by atoms with E-state index in [0.717, 1.165) is 28.1 Å². The molecule has 0 unspecified atom stereocenters. The summed E-state index contributed by atoms with van der Waals surface area (Å²) < 4.78 is 5.20. The van der Waals surface area contributed by atoms with Crippen LogP contribution in [-0.2, 0) is 0 Å². The Hall–Kier alpha value is -1.55. The van der Waals surface area contributed by atoms with Crippen molar-refractivity contribution >= 4 is 11.3 Å². The molecule has 0 aliphatic rings. The molecule has 16 heavy (non-hydrogen) atoms. The average Bonchev–Trinajstić information content (AvgIpc) is 2.63. The van der Waals surface area contributed by atoms with Gasteiger partial charge in [0.1, 0.15) is 5.75 Å². The number of aromatic nitrogens is 1. The molecule has 0 radical (unpaired) electrons. The van der Waals surface area contributed by atoms with E-state index in [4.69, 9.17) is 4.74 Å². The van der Waals surface area contributed by atoms with Crippen LogP contribution in [0, 0.1) is 13.8 Å². The Morgan fingerprint density at radius 1 is 1.25 bits per heavy atom. The third-order valence-corrected chi connectivity index (χ3v) is 3.20. The molecule has 0 spiro atoms. The molecule has 0 atom stereocenters. The smallest absolute Gasteiger partial charge is 0.304 e. The van der Waals surface area contributed by atoms with Gasteiger partial charge < -0.3 is 9.72 Å². The third kappa shape index (κ3) is 1.88. The Labute approximate surface area is 97.7 Å². The first-order valence-electron chi connectivity index (χ1n) is 4.95. The molecule has 1 heterocycles. The Morgan fingerprint density at radius 3 is 2.31 bits per heavy atom. The first kappa shape index (κ1) is 11.0. The predicted octanol–water partition coefficient (Wildman–Crippen LogP) is 2.73. The van der Waals surface area contributed by atoms with Gasteiger partial charge in [-0.2, -0.15) is 0 Å². The summed E-state index contributed by atoms with van der Waals surface area (Å²) in [5.74, 6) is 0.844. The van der Waals surface area contributed by atoms with Gasteiger partial charge in [0.15, 0.2) is 0 Å². The molecule has 0 aliphatic heterocycles. The summed E-state index contributed by atoms with van der Waals surface area (Å²) in [5.41, 5.74) is 4.17. The number of hydrogen-bond donors (Lipinski definition) is 1. The van der Waals surface area contributed by atoms with Crippen LogP contribution >= 0.6 is 11.3 Å². The van der Waals surface area contributed by atoms with Crippen molar-refractivity contribution in [1.29, 1.82) is 0 Å². The van der Waals surface area contributed by atoms with Crippen molar-refractivity contribution in [2.24, 2.45) is 0 Å². The number of rotatable bonds is 2. The van der Waals surface area contributed by atoms with E-state index in [1.807, 2.05) is 31.4 Å². The van der Waals surface area contributed by atoms with Crippen LogP contribution in [0.4, 0.5) is 0 Å². The maximum Gasteiger partial charge on any atom is 0.304 e. The zero-order chi connectivity index (χ0) is 11.7. The lowest BCUT2D eigenvalue weighted by atomic mass is 10.0. The standard InChI is InChI=1S/C12H13NO2S/c1-7-4-9(15-3)5-8(2)11(7)10-6-16-12(14)13-10/h4-6H,1-3H3,(H,13,14). The number of H-pyrrole nitrogens is 1. The van der Waals surface area contributed by atoms with Crippen molar-refractivity contribution in [3.8, 4) is 17.0 Å². The molecular formula is C12H13NO2S. The molecule has 3 nitrogen and oxygen atoms in total. The molecule has 84 valence electrons. The number of ether oxygens (including phenoxy) is 1. The number of aromatic amines is 1. The van der Waals surface area contributed by atoms with Gasteiger partial charge in [-0.3, -0.25) is 4.79 Å². The second-order valence-electron chi connectivity index (χ2n) is 3.70. The molecule has 2 aromatic rings. The van der Waals surface area contributed by atoms with Crippen LogP contribution in [0.3, 0.4) is 0 Å². The van der Waals surface area contributed by atoms with Gasteiger partial charge in [0.2, 0.25) is 0 Å². The molecule has 0 amide bonds. The Kier molecular flexibility index (Phi) is 2.83. The van der Waals surface area contributed by atoms with Crippen LogP contribution in [0.1, 0.15) is 11.1 Å². The maximum atomic E-state index is 11.1. The zero-order valence-electron chi connectivity index (χ0n) is 9.46. The first-order valence-corrected chi connectivity index (χ1v) is 5.83. The van der Waals surface area contributed by atoms with Crippen molar-refractivity contribution in [2.75, 3.05) is 7.11 Å². The summed E-state index contributed by atoms with van der Waals surface area (Å²) in [5, 5.41) is 1.85. The van der Waals surface area contributed by atoms with Crippen LogP contribution < -0.4 is 9.61 Å². The molecule has 2 rings (SSSR count). The fourth-order valence-corrected chi connectivity index (χ4v) is 2.44. The van der Waals surface area contributed by atoms with Crippen molar-refractivity contribution in [1.82, 2.24) is 4.98 Å². The van der Waals surface area contributed by atoms with Crippen molar-refractivity contribution in [2.45, 2.75) is 13.8 Å². The lowest BCUT2D eigenvalue weighted by molar-refractivity contribution is 0.414. The van der Waals surface area contributed by atoms with E-state index in [1.165, 1.54) is 11.3 Å². The van der Waals surface area contributed by atoms with Gasteiger partial charge in [0.05, 0.1) is 12.8 Å². The zero-order valence-corrected chi connectivity index (χ0v) is 10.3. The molecule has 0 aliphatic carbocycles. The van der Waals surface area contributed by atoms with Crippen LogP contribution in [-0.4, -0.2) is 12.1 Å². The monoisotopic (exact) mass is 235 g/mol. The number of hydrogen-bond acceptors (Lipinski definition) is 3.